The third-order valence-corrected chi connectivity index (χ3v) is 7.74. The second-order valence-corrected chi connectivity index (χ2v) is 9.48. The van der Waals surface area contributed by atoms with E-state index >= 15 is 0 Å². The Bertz CT molecular complexity index is 1040. The molecule has 0 N–H and O–H groups in total. The minimum absolute atomic E-state index is 0.157. The van der Waals surface area contributed by atoms with Crippen molar-refractivity contribution in [1.82, 2.24) is 4.31 Å². The van der Waals surface area contributed by atoms with E-state index in [0.717, 1.165) is 22.3 Å². The van der Waals surface area contributed by atoms with Crippen LogP contribution in [0, 0.1) is 20.8 Å². The third kappa shape index (κ3) is 2.78. The van der Waals surface area contributed by atoms with Crippen LogP contribution in [0.4, 0.5) is 0 Å². The van der Waals surface area contributed by atoms with Crippen LogP contribution in [0.3, 0.4) is 0 Å². The van der Waals surface area contributed by atoms with E-state index < -0.39 is 15.6 Å². The summed E-state index contributed by atoms with van der Waals surface area (Å²) in [6, 6.07) is 10.9. The number of hydrogen-bond acceptors (Lipinski definition) is 4. The average Bonchev–Trinajstić information content (AvgIpc) is 2.90. The van der Waals surface area contributed by atoms with E-state index in [9.17, 15) is 13.2 Å². The van der Waals surface area contributed by atoms with Gasteiger partial charge in [-0.3, -0.25) is 0 Å². The van der Waals surface area contributed by atoms with Gasteiger partial charge in [-0.1, -0.05) is 24.3 Å². The van der Waals surface area contributed by atoms with Crippen molar-refractivity contribution < 1.29 is 17.9 Å². The van der Waals surface area contributed by atoms with Gasteiger partial charge in [-0.2, -0.15) is 4.31 Å². The highest BCUT2D eigenvalue weighted by molar-refractivity contribution is 7.89. The number of carbonyl (C=O) groups excluding carboxylic acids is 1. The molecule has 2 heterocycles. The average molecular weight is 385 g/mol. The summed E-state index contributed by atoms with van der Waals surface area (Å²) in [5, 5.41) is 0. The number of nitrogens with zero attached hydrogens (tertiary/aromatic N) is 1. The quantitative estimate of drug-likeness (QED) is 0.743. The molecule has 2 aromatic rings. The molecule has 1 fully saturated rings. The largest absolute Gasteiger partial charge is 0.449 e. The summed E-state index contributed by atoms with van der Waals surface area (Å²) in [5.74, 6) is -0.368. The van der Waals surface area contributed by atoms with Gasteiger partial charge in [0.05, 0.1) is 17.0 Å². The molecule has 0 saturated carbocycles. The summed E-state index contributed by atoms with van der Waals surface area (Å²) in [6.07, 6.45) is 1.28. The van der Waals surface area contributed by atoms with Gasteiger partial charge in [-0.15, -0.1) is 0 Å². The Kier molecular flexibility index (Phi) is 4.16. The molecule has 1 saturated heterocycles. The summed E-state index contributed by atoms with van der Waals surface area (Å²) in [6.45, 7) is 6.30. The molecular weight excluding hydrogens is 362 g/mol. The molecule has 2 aromatic carbocycles. The lowest BCUT2D eigenvalue weighted by Gasteiger charge is -2.39. The fourth-order valence-electron chi connectivity index (χ4n) is 4.19. The summed E-state index contributed by atoms with van der Waals surface area (Å²) in [7, 11) is -3.67. The van der Waals surface area contributed by atoms with Gasteiger partial charge in [0.25, 0.3) is 0 Å². The first-order valence-electron chi connectivity index (χ1n) is 9.15. The zero-order chi connectivity index (χ0) is 19.4. The van der Waals surface area contributed by atoms with Crippen LogP contribution in [0.1, 0.15) is 45.5 Å². The Morgan fingerprint density at radius 1 is 1.04 bits per heavy atom. The SMILES string of the molecule is Cc1cc(C)c(S(=O)(=O)N2CCCC3(C2)OC(=O)c2ccccc23)cc1C. The molecule has 0 aromatic heterocycles. The van der Waals surface area contributed by atoms with Crippen molar-refractivity contribution in [2.75, 3.05) is 13.1 Å². The first kappa shape index (κ1) is 18.2. The molecule has 2 aliphatic rings. The summed E-state index contributed by atoms with van der Waals surface area (Å²) >= 11 is 0. The maximum absolute atomic E-state index is 13.4. The van der Waals surface area contributed by atoms with Crippen LogP contribution < -0.4 is 0 Å². The molecular formula is C21H23NO4S. The molecule has 1 unspecified atom stereocenters. The van der Waals surface area contributed by atoms with Crippen LogP contribution in [0.15, 0.2) is 41.3 Å². The van der Waals surface area contributed by atoms with Crippen molar-refractivity contribution in [3.63, 3.8) is 0 Å². The Hall–Kier alpha value is -2.18. The molecule has 0 aliphatic carbocycles. The Labute approximate surface area is 160 Å². The van der Waals surface area contributed by atoms with Gasteiger partial charge in [0.2, 0.25) is 10.0 Å². The van der Waals surface area contributed by atoms with Gasteiger partial charge in [0, 0.05) is 12.1 Å². The minimum atomic E-state index is -3.67. The van der Waals surface area contributed by atoms with Crippen LogP contribution in [0.2, 0.25) is 0 Å². The van der Waals surface area contributed by atoms with E-state index in [0.29, 0.717) is 29.8 Å². The maximum Gasteiger partial charge on any atom is 0.339 e. The molecule has 0 amide bonds. The van der Waals surface area contributed by atoms with Gasteiger partial charge in [0.1, 0.15) is 0 Å². The predicted molar refractivity (Wildman–Crippen MR) is 102 cm³/mol. The summed E-state index contributed by atoms with van der Waals surface area (Å²) in [4.78, 5) is 12.6. The first-order valence-corrected chi connectivity index (χ1v) is 10.6. The molecule has 4 rings (SSSR count). The zero-order valence-electron chi connectivity index (χ0n) is 15.8. The van der Waals surface area contributed by atoms with Gasteiger partial charge >= 0.3 is 5.97 Å². The number of aryl methyl sites for hydroxylation is 3. The fraction of sp³-hybridized carbons (Fsp3) is 0.381. The predicted octanol–water partition coefficient (Wildman–Crippen LogP) is 3.46. The molecule has 1 spiro atoms. The number of carbonyl (C=O) groups is 1. The van der Waals surface area contributed by atoms with Crippen LogP contribution in [-0.4, -0.2) is 31.8 Å². The second-order valence-electron chi connectivity index (χ2n) is 7.57. The topological polar surface area (TPSA) is 63.7 Å². The van der Waals surface area contributed by atoms with Crippen molar-refractivity contribution in [1.29, 1.82) is 0 Å². The van der Waals surface area contributed by atoms with Crippen molar-refractivity contribution in [2.24, 2.45) is 0 Å². The highest BCUT2D eigenvalue weighted by Gasteiger charge is 2.50. The van der Waals surface area contributed by atoms with E-state index in [4.69, 9.17) is 4.74 Å². The molecule has 0 radical (unpaired) electrons. The van der Waals surface area contributed by atoms with Gasteiger partial charge in [0.15, 0.2) is 5.60 Å². The normalized spacial score (nSPS) is 22.7. The van der Waals surface area contributed by atoms with E-state index in [1.54, 1.807) is 18.2 Å². The molecule has 1 atom stereocenters. The number of esters is 1. The number of benzene rings is 2. The molecule has 27 heavy (non-hydrogen) atoms. The lowest BCUT2D eigenvalue weighted by molar-refractivity contribution is -0.0345. The van der Waals surface area contributed by atoms with Crippen molar-refractivity contribution in [3.05, 3.63) is 64.2 Å². The fourth-order valence-corrected chi connectivity index (χ4v) is 6.01. The number of sulfonamides is 1. The number of rotatable bonds is 2. The van der Waals surface area contributed by atoms with Crippen LogP contribution in [0.5, 0.6) is 0 Å². The van der Waals surface area contributed by atoms with E-state index in [2.05, 4.69) is 0 Å². The summed E-state index contributed by atoms with van der Waals surface area (Å²) < 4.78 is 34.0. The zero-order valence-corrected chi connectivity index (χ0v) is 16.6. The maximum atomic E-state index is 13.4. The standard InChI is InChI=1S/C21H23NO4S/c1-14-11-16(3)19(12-15(14)2)27(24,25)22-10-6-9-21(13-22)18-8-5-4-7-17(18)20(23)26-21/h4-5,7-8,11-12H,6,9-10,13H2,1-3H3. The number of ether oxygens (including phenoxy) is 1. The number of piperidine rings is 1. The van der Waals surface area contributed by atoms with Crippen molar-refractivity contribution in [2.45, 2.75) is 44.1 Å². The molecule has 142 valence electrons. The molecule has 6 heteroatoms. The first-order chi connectivity index (χ1) is 12.7. The van der Waals surface area contributed by atoms with E-state index in [1.807, 2.05) is 39.0 Å². The van der Waals surface area contributed by atoms with Crippen molar-refractivity contribution >= 4 is 16.0 Å². The Morgan fingerprint density at radius 3 is 2.52 bits per heavy atom. The molecule has 0 bridgehead atoms. The number of fused-ring (bicyclic) bond motifs is 2. The Morgan fingerprint density at radius 2 is 1.74 bits per heavy atom. The van der Waals surface area contributed by atoms with E-state index in [1.165, 1.54) is 4.31 Å². The lowest BCUT2D eigenvalue weighted by atomic mass is 9.86. The number of hydrogen-bond donors (Lipinski definition) is 0. The van der Waals surface area contributed by atoms with Crippen LogP contribution in [-0.2, 0) is 20.4 Å². The van der Waals surface area contributed by atoms with Gasteiger partial charge < -0.3 is 4.74 Å². The molecule has 2 aliphatic heterocycles. The third-order valence-electron chi connectivity index (χ3n) is 5.75. The monoisotopic (exact) mass is 385 g/mol. The summed E-state index contributed by atoms with van der Waals surface area (Å²) in [5.41, 5.74) is 3.21. The van der Waals surface area contributed by atoms with Gasteiger partial charge in [-0.25, -0.2) is 13.2 Å². The molecule has 5 nitrogen and oxygen atoms in total. The van der Waals surface area contributed by atoms with E-state index in [-0.39, 0.29) is 12.5 Å². The lowest BCUT2D eigenvalue weighted by Crippen LogP contribution is -2.48. The van der Waals surface area contributed by atoms with Crippen LogP contribution in [0.25, 0.3) is 0 Å². The highest BCUT2D eigenvalue weighted by atomic mass is 32.2. The Balaban J connectivity index is 1.74. The van der Waals surface area contributed by atoms with Gasteiger partial charge in [-0.05, 0) is 62.4 Å². The van der Waals surface area contributed by atoms with Crippen molar-refractivity contribution in [3.8, 4) is 0 Å². The minimum Gasteiger partial charge on any atom is -0.449 e. The highest BCUT2D eigenvalue weighted by Crippen LogP contribution is 2.44. The van der Waals surface area contributed by atoms with Crippen LogP contribution >= 0.6 is 0 Å². The second kappa shape index (κ2) is 6.17. The smallest absolute Gasteiger partial charge is 0.339 e.